The number of hydrogen-bond acceptors (Lipinski definition) is 2. The van der Waals surface area contributed by atoms with E-state index in [0.29, 0.717) is 6.04 Å². The highest BCUT2D eigenvalue weighted by Gasteiger charge is 2.01. The van der Waals surface area contributed by atoms with Crippen LogP contribution in [0.15, 0.2) is 21.8 Å². The molecule has 0 fully saturated rings. The van der Waals surface area contributed by atoms with E-state index in [9.17, 15) is 0 Å². The second-order valence-corrected chi connectivity index (χ2v) is 3.94. The number of aliphatic imine (C=N–C) groups is 1. The summed E-state index contributed by atoms with van der Waals surface area (Å²) >= 11 is 1.73. The lowest BCUT2D eigenvalue weighted by molar-refractivity contribution is 0.738. The van der Waals surface area contributed by atoms with E-state index in [1.54, 1.807) is 11.3 Å². The van der Waals surface area contributed by atoms with Crippen LogP contribution < -0.4 is 5.73 Å². The van der Waals surface area contributed by atoms with Crippen molar-refractivity contribution in [1.29, 1.82) is 0 Å². The maximum Gasteiger partial charge on any atom is 0.0937 e. The Balaban J connectivity index is 2.46. The predicted octanol–water partition coefficient (Wildman–Crippen LogP) is 2.45. The van der Waals surface area contributed by atoms with Crippen LogP contribution in [0.25, 0.3) is 0 Å². The third-order valence-corrected chi connectivity index (χ3v) is 2.59. The Bertz CT molecular complexity index is 264. The number of hydrogen-bond donors (Lipinski definition) is 1. The highest BCUT2D eigenvalue weighted by molar-refractivity contribution is 7.07. The van der Waals surface area contributed by atoms with E-state index in [-0.39, 0.29) is 0 Å². The second kappa shape index (κ2) is 5.02. The van der Waals surface area contributed by atoms with E-state index in [2.05, 4.69) is 28.7 Å². The lowest BCUT2D eigenvalue weighted by Crippen LogP contribution is -2.15. The molecule has 0 radical (unpaired) electrons. The van der Waals surface area contributed by atoms with Gasteiger partial charge in [0.2, 0.25) is 0 Å². The zero-order valence-corrected chi connectivity index (χ0v) is 8.97. The molecule has 0 aliphatic heterocycles. The molecule has 0 amide bonds. The maximum absolute atomic E-state index is 5.66. The maximum atomic E-state index is 5.66. The summed E-state index contributed by atoms with van der Waals surface area (Å²) in [5.74, 6) is 0.753. The van der Waals surface area contributed by atoms with Crippen LogP contribution in [0.1, 0.15) is 25.8 Å². The van der Waals surface area contributed by atoms with Gasteiger partial charge < -0.3 is 5.73 Å². The molecule has 1 aromatic rings. The Kier molecular flexibility index (Phi) is 3.96. The Hall–Kier alpha value is -0.830. The highest BCUT2D eigenvalue weighted by atomic mass is 32.1. The van der Waals surface area contributed by atoms with Crippen LogP contribution in [0.3, 0.4) is 0 Å². The van der Waals surface area contributed by atoms with Gasteiger partial charge in [-0.15, -0.1) is 0 Å². The van der Waals surface area contributed by atoms with Gasteiger partial charge >= 0.3 is 0 Å². The molecule has 0 aliphatic carbocycles. The molecule has 2 N–H and O–H groups in total. The largest absolute Gasteiger partial charge is 0.387 e. The van der Waals surface area contributed by atoms with Gasteiger partial charge in [0.1, 0.15) is 0 Å². The Morgan fingerprint density at radius 1 is 1.69 bits per heavy atom. The average Bonchev–Trinajstić information content (AvgIpc) is 2.56. The summed E-state index contributed by atoms with van der Waals surface area (Å²) in [5.41, 5.74) is 7.01. The van der Waals surface area contributed by atoms with Crippen LogP contribution in [0.2, 0.25) is 0 Å². The zero-order chi connectivity index (χ0) is 9.68. The molecule has 1 atom stereocenters. The van der Waals surface area contributed by atoms with Gasteiger partial charge in [0.05, 0.1) is 11.9 Å². The standard InChI is InChI=1S/C10H16N2S/c1-3-10(11)12-8(2)6-9-4-5-13-7-9/h4-5,7-8H,3,6H2,1-2H3,(H2,11,12). The van der Waals surface area contributed by atoms with Crippen molar-refractivity contribution in [2.45, 2.75) is 32.7 Å². The molecule has 0 bridgehead atoms. The molecule has 2 nitrogen and oxygen atoms in total. The van der Waals surface area contributed by atoms with Crippen molar-refractivity contribution in [3.8, 4) is 0 Å². The first-order chi connectivity index (χ1) is 6.22. The summed E-state index contributed by atoms with van der Waals surface area (Å²) in [6.45, 7) is 4.12. The number of thiophene rings is 1. The fourth-order valence-corrected chi connectivity index (χ4v) is 1.85. The molecule has 1 heterocycles. The van der Waals surface area contributed by atoms with Crippen LogP contribution in [0, 0.1) is 0 Å². The summed E-state index contributed by atoms with van der Waals surface area (Å²) in [6.07, 6.45) is 1.83. The summed E-state index contributed by atoms with van der Waals surface area (Å²) in [7, 11) is 0. The lowest BCUT2D eigenvalue weighted by Gasteiger charge is -2.05. The molecule has 0 saturated heterocycles. The number of nitrogens with two attached hydrogens (primary N) is 1. The minimum absolute atomic E-state index is 0.301. The Morgan fingerprint density at radius 2 is 2.46 bits per heavy atom. The molecular weight excluding hydrogens is 180 g/mol. The van der Waals surface area contributed by atoms with E-state index < -0.39 is 0 Å². The van der Waals surface area contributed by atoms with Crippen LogP contribution in [-0.4, -0.2) is 11.9 Å². The molecule has 3 heteroatoms. The Labute approximate surface area is 83.5 Å². The van der Waals surface area contributed by atoms with Gasteiger partial charge in [-0.25, -0.2) is 0 Å². The van der Waals surface area contributed by atoms with Gasteiger partial charge in [0.15, 0.2) is 0 Å². The van der Waals surface area contributed by atoms with Crippen molar-refractivity contribution in [2.75, 3.05) is 0 Å². The third-order valence-electron chi connectivity index (χ3n) is 1.86. The van der Waals surface area contributed by atoms with Gasteiger partial charge in [0, 0.05) is 6.42 Å². The van der Waals surface area contributed by atoms with Gasteiger partial charge in [-0.2, -0.15) is 11.3 Å². The van der Waals surface area contributed by atoms with Crippen LogP contribution in [0.5, 0.6) is 0 Å². The highest BCUT2D eigenvalue weighted by Crippen LogP contribution is 2.10. The van der Waals surface area contributed by atoms with Crippen molar-refractivity contribution < 1.29 is 0 Å². The quantitative estimate of drug-likeness (QED) is 0.583. The molecule has 72 valence electrons. The van der Waals surface area contributed by atoms with Crippen molar-refractivity contribution >= 4 is 17.2 Å². The van der Waals surface area contributed by atoms with Gasteiger partial charge in [-0.3, -0.25) is 4.99 Å². The lowest BCUT2D eigenvalue weighted by atomic mass is 10.1. The second-order valence-electron chi connectivity index (χ2n) is 3.16. The van der Waals surface area contributed by atoms with E-state index >= 15 is 0 Å². The van der Waals surface area contributed by atoms with Crippen molar-refractivity contribution in [3.05, 3.63) is 22.4 Å². The molecule has 1 aromatic heterocycles. The third kappa shape index (κ3) is 3.59. The van der Waals surface area contributed by atoms with Gasteiger partial charge in [0.25, 0.3) is 0 Å². The van der Waals surface area contributed by atoms with E-state index in [0.717, 1.165) is 18.7 Å². The minimum atomic E-state index is 0.301. The summed E-state index contributed by atoms with van der Waals surface area (Å²) in [6, 6.07) is 2.44. The zero-order valence-electron chi connectivity index (χ0n) is 8.16. The molecule has 1 rings (SSSR count). The van der Waals surface area contributed by atoms with Crippen molar-refractivity contribution in [1.82, 2.24) is 0 Å². The first kappa shape index (κ1) is 10.3. The minimum Gasteiger partial charge on any atom is -0.387 e. The van der Waals surface area contributed by atoms with Crippen molar-refractivity contribution in [2.24, 2.45) is 10.7 Å². The van der Waals surface area contributed by atoms with Crippen LogP contribution in [0.4, 0.5) is 0 Å². The molecule has 0 aliphatic rings. The SMILES string of the molecule is CCC(N)=NC(C)Cc1ccsc1. The van der Waals surface area contributed by atoms with E-state index in [4.69, 9.17) is 5.73 Å². The summed E-state index contributed by atoms with van der Waals surface area (Å²) in [4.78, 5) is 4.37. The summed E-state index contributed by atoms with van der Waals surface area (Å²) < 4.78 is 0. The smallest absolute Gasteiger partial charge is 0.0937 e. The fraction of sp³-hybridized carbons (Fsp3) is 0.500. The Morgan fingerprint density at radius 3 is 3.00 bits per heavy atom. The molecule has 1 unspecified atom stereocenters. The molecular formula is C10H16N2S. The van der Waals surface area contributed by atoms with Gasteiger partial charge in [-0.05, 0) is 35.7 Å². The van der Waals surface area contributed by atoms with E-state index in [1.165, 1.54) is 5.56 Å². The number of amidine groups is 1. The molecule has 0 aromatic carbocycles. The topological polar surface area (TPSA) is 38.4 Å². The molecule has 0 spiro atoms. The van der Waals surface area contributed by atoms with Crippen LogP contribution in [-0.2, 0) is 6.42 Å². The number of rotatable bonds is 4. The van der Waals surface area contributed by atoms with Crippen molar-refractivity contribution in [3.63, 3.8) is 0 Å². The predicted molar refractivity (Wildman–Crippen MR) is 59.4 cm³/mol. The first-order valence-corrected chi connectivity index (χ1v) is 5.50. The molecule has 0 saturated carbocycles. The van der Waals surface area contributed by atoms with Gasteiger partial charge in [-0.1, -0.05) is 6.92 Å². The first-order valence-electron chi connectivity index (χ1n) is 4.55. The van der Waals surface area contributed by atoms with E-state index in [1.807, 2.05) is 6.92 Å². The van der Waals surface area contributed by atoms with Crippen LogP contribution >= 0.6 is 11.3 Å². The summed E-state index contributed by atoms with van der Waals surface area (Å²) in [5, 5.41) is 4.25. The molecule has 13 heavy (non-hydrogen) atoms. The average molecular weight is 196 g/mol. The number of nitrogens with zero attached hydrogens (tertiary/aromatic N) is 1. The normalized spacial score (nSPS) is 14.5. The fourth-order valence-electron chi connectivity index (χ4n) is 1.17. The monoisotopic (exact) mass is 196 g/mol.